The highest BCUT2D eigenvalue weighted by atomic mass is 16.5. The number of aromatic nitrogens is 2. The Hall–Kier alpha value is -2.01. The van der Waals surface area contributed by atoms with Gasteiger partial charge in [-0.15, -0.1) is 0 Å². The largest absolute Gasteiger partial charge is 0.493 e. The van der Waals surface area contributed by atoms with Crippen molar-refractivity contribution >= 4 is 0 Å². The number of aliphatic hydroxyl groups excluding tert-OH is 1. The number of methoxy groups -OCH3 is 1. The van der Waals surface area contributed by atoms with E-state index in [-0.39, 0.29) is 6.61 Å². The molecule has 0 saturated carbocycles. The molecule has 0 unspecified atom stereocenters. The Labute approximate surface area is 118 Å². The molecular formula is C15H20N2O3. The zero-order chi connectivity index (χ0) is 14.5. The van der Waals surface area contributed by atoms with Crippen molar-refractivity contribution < 1.29 is 14.6 Å². The minimum atomic E-state index is -0.0255. The average Bonchev–Trinajstić information content (AvgIpc) is 2.93. The van der Waals surface area contributed by atoms with E-state index in [0.29, 0.717) is 24.1 Å². The summed E-state index contributed by atoms with van der Waals surface area (Å²) in [4.78, 5) is 0. The fraction of sp³-hybridized carbons (Fsp3) is 0.400. The summed E-state index contributed by atoms with van der Waals surface area (Å²) in [6.45, 7) is 4.49. The second-order valence-electron chi connectivity index (χ2n) is 4.81. The Kier molecular flexibility index (Phi) is 4.63. The number of hydrogen-bond acceptors (Lipinski definition) is 4. The standard InChI is InChI=1S/C15H20N2O3/c1-11(2)17-7-6-13(16-17)10-20-15-8-12(9-18)4-5-14(15)19-3/h4-8,11,18H,9-10H2,1-3H3. The normalized spacial score (nSPS) is 10.8. The smallest absolute Gasteiger partial charge is 0.162 e. The van der Waals surface area contributed by atoms with Crippen LogP contribution in [0.2, 0.25) is 0 Å². The fourth-order valence-corrected chi connectivity index (χ4v) is 1.83. The Bertz CT molecular complexity index is 564. The molecule has 1 aromatic heterocycles. The Morgan fingerprint density at radius 3 is 2.65 bits per heavy atom. The maximum absolute atomic E-state index is 9.16. The van der Waals surface area contributed by atoms with E-state index in [2.05, 4.69) is 18.9 Å². The molecule has 108 valence electrons. The molecule has 0 spiro atoms. The molecular weight excluding hydrogens is 256 g/mol. The van der Waals surface area contributed by atoms with Crippen molar-refractivity contribution in [2.24, 2.45) is 0 Å². The summed E-state index contributed by atoms with van der Waals surface area (Å²) in [5.41, 5.74) is 1.64. The molecule has 5 heteroatoms. The molecule has 0 aliphatic carbocycles. The number of nitrogens with zero attached hydrogens (tertiary/aromatic N) is 2. The van der Waals surface area contributed by atoms with Crippen LogP contribution >= 0.6 is 0 Å². The van der Waals surface area contributed by atoms with Crippen LogP contribution in [0.15, 0.2) is 30.5 Å². The number of ether oxygens (including phenoxy) is 2. The molecule has 5 nitrogen and oxygen atoms in total. The molecule has 0 aliphatic heterocycles. The van der Waals surface area contributed by atoms with Crippen molar-refractivity contribution in [2.75, 3.05) is 7.11 Å². The van der Waals surface area contributed by atoms with E-state index in [1.54, 1.807) is 25.3 Å². The predicted molar refractivity (Wildman–Crippen MR) is 75.9 cm³/mol. The number of aliphatic hydroxyl groups is 1. The molecule has 0 bridgehead atoms. The number of benzene rings is 1. The van der Waals surface area contributed by atoms with Crippen LogP contribution in [0.5, 0.6) is 11.5 Å². The van der Waals surface area contributed by atoms with Gasteiger partial charge in [-0.3, -0.25) is 4.68 Å². The first-order valence-corrected chi connectivity index (χ1v) is 6.58. The van der Waals surface area contributed by atoms with Gasteiger partial charge in [-0.1, -0.05) is 6.07 Å². The van der Waals surface area contributed by atoms with Gasteiger partial charge in [0.1, 0.15) is 6.61 Å². The van der Waals surface area contributed by atoms with Crippen molar-refractivity contribution in [3.63, 3.8) is 0 Å². The second kappa shape index (κ2) is 6.43. The van der Waals surface area contributed by atoms with Crippen LogP contribution in [0, 0.1) is 0 Å². The van der Waals surface area contributed by atoms with Gasteiger partial charge in [0.25, 0.3) is 0 Å². The second-order valence-corrected chi connectivity index (χ2v) is 4.81. The lowest BCUT2D eigenvalue weighted by Gasteiger charge is -2.11. The molecule has 0 radical (unpaired) electrons. The highest BCUT2D eigenvalue weighted by Gasteiger charge is 2.08. The summed E-state index contributed by atoms with van der Waals surface area (Å²) in [5, 5.41) is 13.6. The SMILES string of the molecule is COc1ccc(CO)cc1OCc1ccn(C(C)C)n1. The van der Waals surface area contributed by atoms with Crippen molar-refractivity contribution in [3.05, 3.63) is 41.7 Å². The van der Waals surface area contributed by atoms with Gasteiger partial charge in [-0.05, 0) is 37.6 Å². The summed E-state index contributed by atoms with van der Waals surface area (Å²) in [6.07, 6.45) is 1.94. The molecule has 1 N–H and O–H groups in total. The number of rotatable bonds is 6. The maximum atomic E-state index is 9.16. The van der Waals surface area contributed by atoms with E-state index in [4.69, 9.17) is 14.6 Å². The van der Waals surface area contributed by atoms with Crippen LogP contribution in [-0.4, -0.2) is 22.0 Å². The Balaban J connectivity index is 2.09. The zero-order valence-electron chi connectivity index (χ0n) is 12.0. The quantitative estimate of drug-likeness (QED) is 0.881. The Morgan fingerprint density at radius 1 is 1.25 bits per heavy atom. The third-order valence-corrected chi connectivity index (χ3v) is 2.98. The lowest BCUT2D eigenvalue weighted by atomic mass is 10.2. The van der Waals surface area contributed by atoms with Crippen LogP contribution < -0.4 is 9.47 Å². The van der Waals surface area contributed by atoms with Crippen LogP contribution in [-0.2, 0) is 13.2 Å². The first kappa shape index (κ1) is 14.4. The molecule has 1 aromatic carbocycles. The van der Waals surface area contributed by atoms with Gasteiger partial charge in [0, 0.05) is 12.2 Å². The lowest BCUT2D eigenvalue weighted by molar-refractivity contribution is 0.269. The molecule has 0 atom stereocenters. The topological polar surface area (TPSA) is 56.5 Å². The van der Waals surface area contributed by atoms with Crippen LogP contribution in [0.3, 0.4) is 0 Å². The van der Waals surface area contributed by atoms with Crippen molar-refractivity contribution in [1.29, 1.82) is 0 Å². The van der Waals surface area contributed by atoms with Crippen LogP contribution in [0.1, 0.15) is 31.1 Å². The van der Waals surface area contributed by atoms with E-state index >= 15 is 0 Å². The summed E-state index contributed by atoms with van der Waals surface area (Å²) in [7, 11) is 1.59. The minimum absolute atomic E-state index is 0.0255. The Morgan fingerprint density at radius 2 is 2.05 bits per heavy atom. The summed E-state index contributed by atoms with van der Waals surface area (Å²) < 4.78 is 12.9. The lowest BCUT2D eigenvalue weighted by Crippen LogP contribution is -2.04. The van der Waals surface area contributed by atoms with E-state index in [9.17, 15) is 0 Å². The van der Waals surface area contributed by atoms with Gasteiger partial charge in [0.05, 0.1) is 19.4 Å². The molecule has 0 aliphatic rings. The molecule has 0 saturated heterocycles. The van der Waals surface area contributed by atoms with Gasteiger partial charge in [-0.25, -0.2) is 0 Å². The van der Waals surface area contributed by atoms with Crippen molar-refractivity contribution in [2.45, 2.75) is 33.1 Å². The van der Waals surface area contributed by atoms with Gasteiger partial charge in [0.2, 0.25) is 0 Å². The molecule has 2 rings (SSSR count). The molecule has 0 amide bonds. The van der Waals surface area contributed by atoms with Crippen molar-refractivity contribution in [3.8, 4) is 11.5 Å². The zero-order valence-corrected chi connectivity index (χ0v) is 12.0. The first-order chi connectivity index (χ1) is 9.63. The third-order valence-electron chi connectivity index (χ3n) is 2.98. The van der Waals surface area contributed by atoms with Gasteiger partial charge >= 0.3 is 0 Å². The van der Waals surface area contributed by atoms with E-state index in [1.807, 2.05) is 16.9 Å². The summed E-state index contributed by atoms with van der Waals surface area (Å²) >= 11 is 0. The van der Waals surface area contributed by atoms with Crippen molar-refractivity contribution in [1.82, 2.24) is 9.78 Å². The summed E-state index contributed by atoms with van der Waals surface area (Å²) in [6, 6.07) is 7.63. The summed E-state index contributed by atoms with van der Waals surface area (Å²) in [5.74, 6) is 1.25. The third kappa shape index (κ3) is 3.30. The molecule has 1 heterocycles. The predicted octanol–water partition coefficient (Wildman–Crippen LogP) is 2.54. The minimum Gasteiger partial charge on any atom is -0.493 e. The maximum Gasteiger partial charge on any atom is 0.162 e. The van der Waals surface area contributed by atoms with E-state index < -0.39 is 0 Å². The fourth-order valence-electron chi connectivity index (χ4n) is 1.83. The first-order valence-electron chi connectivity index (χ1n) is 6.58. The van der Waals surface area contributed by atoms with Gasteiger partial charge in [0.15, 0.2) is 11.5 Å². The molecule has 20 heavy (non-hydrogen) atoms. The highest BCUT2D eigenvalue weighted by molar-refractivity contribution is 5.42. The van der Waals surface area contributed by atoms with E-state index in [1.165, 1.54) is 0 Å². The van der Waals surface area contributed by atoms with Crippen LogP contribution in [0.25, 0.3) is 0 Å². The monoisotopic (exact) mass is 276 g/mol. The van der Waals surface area contributed by atoms with Crippen LogP contribution in [0.4, 0.5) is 0 Å². The van der Waals surface area contributed by atoms with Gasteiger partial charge in [-0.2, -0.15) is 5.10 Å². The molecule has 2 aromatic rings. The van der Waals surface area contributed by atoms with E-state index in [0.717, 1.165) is 11.3 Å². The average molecular weight is 276 g/mol. The molecule has 0 fully saturated rings. The number of hydrogen-bond donors (Lipinski definition) is 1. The van der Waals surface area contributed by atoms with Gasteiger partial charge < -0.3 is 14.6 Å². The highest BCUT2D eigenvalue weighted by Crippen LogP contribution is 2.28.